The zero-order valence-electron chi connectivity index (χ0n) is 11.3. The minimum atomic E-state index is -0.0121. The van der Waals surface area contributed by atoms with Crippen LogP contribution in [-0.4, -0.2) is 24.2 Å². The Hall–Kier alpha value is -1.00. The first-order valence-electron chi connectivity index (χ1n) is 6.11. The van der Waals surface area contributed by atoms with Crippen molar-refractivity contribution in [3.63, 3.8) is 0 Å². The lowest BCUT2D eigenvalue weighted by atomic mass is 9.87. The normalized spacial score (nSPS) is 13.1. The molecular weight excluding hydrogens is 244 g/mol. The van der Waals surface area contributed by atoms with E-state index in [9.17, 15) is 4.79 Å². The number of nitrogens with two attached hydrogens (primary N) is 1. The fraction of sp³-hybridized carbons (Fsp3) is 0.500. The number of rotatable bonds is 5. The Morgan fingerprint density at radius 3 is 2.44 bits per heavy atom. The lowest BCUT2D eigenvalue weighted by Gasteiger charge is -2.30. The van der Waals surface area contributed by atoms with Crippen LogP contribution in [0.2, 0.25) is 0 Å². The van der Waals surface area contributed by atoms with Crippen LogP contribution in [0.4, 0.5) is 0 Å². The number of hydrogen-bond acceptors (Lipinski definition) is 3. The molecule has 100 valence electrons. The standard InChI is InChI=1S/C14H22N2OS/c1-14(2,3)12(9-15)16-13(17)10-18-11-7-5-4-6-8-11/h4-8,12H,9-10,15H2,1-3H3,(H,16,17). The Labute approximate surface area is 114 Å². The molecule has 0 aromatic heterocycles. The summed E-state index contributed by atoms with van der Waals surface area (Å²) in [6.45, 7) is 6.70. The van der Waals surface area contributed by atoms with Crippen molar-refractivity contribution >= 4 is 17.7 Å². The topological polar surface area (TPSA) is 55.1 Å². The molecule has 1 amide bonds. The second-order valence-corrected chi connectivity index (χ2v) is 6.37. The van der Waals surface area contributed by atoms with Crippen molar-refractivity contribution in [3.8, 4) is 0 Å². The van der Waals surface area contributed by atoms with E-state index in [-0.39, 0.29) is 17.4 Å². The largest absolute Gasteiger partial charge is 0.351 e. The van der Waals surface area contributed by atoms with Crippen LogP contribution in [0.25, 0.3) is 0 Å². The van der Waals surface area contributed by atoms with Crippen LogP contribution in [0.15, 0.2) is 35.2 Å². The van der Waals surface area contributed by atoms with Gasteiger partial charge in [0.2, 0.25) is 5.91 Å². The molecule has 0 spiro atoms. The van der Waals surface area contributed by atoms with E-state index in [0.717, 1.165) is 4.90 Å². The summed E-state index contributed by atoms with van der Waals surface area (Å²) < 4.78 is 0. The molecule has 4 heteroatoms. The van der Waals surface area contributed by atoms with Crippen molar-refractivity contribution < 1.29 is 4.79 Å². The molecule has 1 atom stereocenters. The molecule has 0 bridgehead atoms. The Morgan fingerprint density at radius 1 is 1.33 bits per heavy atom. The molecule has 1 rings (SSSR count). The number of nitrogens with one attached hydrogen (secondary N) is 1. The first-order valence-corrected chi connectivity index (χ1v) is 7.09. The van der Waals surface area contributed by atoms with E-state index in [0.29, 0.717) is 12.3 Å². The maximum absolute atomic E-state index is 11.8. The average Bonchev–Trinajstić information content (AvgIpc) is 2.33. The molecule has 0 saturated carbocycles. The second-order valence-electron chi connectivity index (χ2n) is 5.32. The Kier molecular flexibility index (Phi) is 5.69. The molecule has 1 aromatic rings. The van der Waals surface area contributed by atoms with Gasteiger partial charge in [-0.2, -0.15) is 0 Å². The summed E-state index contributed by atoms with van der Waals surface area (Å²) in [6, 6.07) is 9.93. The molecule has 0 aliphatic carbocycles. The SMILES string of the molecule is CC(C)(C)C(CN)NC(=O)CSc1ccccc1. The first kappa shape index (κ1) is 15.1. The number of carbonyl (C=O) groups is 1. The Morgan fingerprint density at radius 2 is 1.94 bits per heavy atom. The van der Waals surface area contributed by atoms with Gasteiger partial charge in [-0.05, 0) is 17.5 Å². The fourth-order valence-electron chi connectivity index (χ4n) is 1.53. The lowest BCUT2D eigenvalue weighted by molar-refractivity contribution is -0.119. The molecule has 0 saturated heterocycles. The monoisotopic (exact) mass is 266 g/mol. The molecular formula is C14H22N2OS. The highest BCUT2D eigenvalue weighted by atomic mass is 32.2. The Bertz CT molecular complexity index is 373. The first-order chi connectivity index (χ1) is 8.43. The number of benzene rings is 1. The molecule has 0 radical (unpaired) electrons. The van der Waals surface area contributed by atoms with Crippen LogP contribution in [0.5, 0.6) is 0 Å². The van der Waals surface area contributed by atoms with Gasteiger partial charge in [-0.3, -0.25) is 4.79 Å². The van der Waals surface area contributed by atoms with Crippen molar-refractivity contribution in [2.75, 3.05) is 12.3 Å². The maximum atomic E-state index is 11.8. The van der Waals surface area contributed by atoms with Crippen LogP contribution in [0, 0.1) is 5.41 Å². The molecule has 0 fully saturated rings. The predicted octanol–water partition coefficient (Wildman–Crippen LogP) is 2.27. The van der Waals surface area contributed by atoms with E-state index in [2.05, 4.69) is 26.1 Å². The van der Waals surface area contributed by atoms with Gasteiger partial charge >= 0.3 is 0 Å². The highest BCUT2D eigenvalue weighted by Gasteiger charge is 2.24. The summed E-state index contributed by atoms with van der Waals surface area (Å²) in [6.07, 6.45) is 0. The Balaban J connectivity index is 2.42. The number of thioether (sulfide) groups is 1. The maximum Gasteiger partial charge on any atom is 0.230 e. The zero-order valence-corrected chi connectivity index (χ0v) is 12.1. The van der Waals surface area contributed by atoms with Gasteiger partial charge in [-0.15, -0.1) is 11.8 Å². The summed E-state index contributed by atoms with van der Waals surface area (Å²) in [7, 11) is 0. The molecule has 18 heavy (non-hydrogen) atoms. The van der Waals surface area contributed by atoms with E-state index in [1.54, 1.807) is 0 Å². The third-order valence-corrected chi connectivity index (χ3v) is 3.74. The van der Waals surface area contributed by atoms with Crippen LogP contribution in [0.3, 0.4) is 0 Å². The van der Waals surface area contributed by atoms with Crippen molar-refractivity contribution in [2.45, 2.75) is 31.7 Å². The summed E-state index contributed by atoms with van der Waals surface area (Å²) in [5.41, 5.74) is 5.68. The second kappa shape index (κ2) is 6.81. The predicted molar refractivity (Wildman–Crippen MR) is 77.6 cm³/mol. The molecule has 0 aliphatic heterocycles. The molecule has 3 nitrogen and oxygen atoms in total. The van der Waals surface area contributed by atoms with E-state index < -0.39 is 0 Å². The van der Waals surface area contributed by atoms with Crippen LogP contribution >= 0.6 is 11.8 Å². The minimum Gasteiger partial charge on any atom is -0.351 e. The van der Waals surface area contributed by atoms with Gasteiger partial charge in [-0.25, -0.2) is 0 Å². The van der Waals surface area contributed by atoms with Gasteiger partial charge in [-0.1, -0.05) is 39.0 Å². The summed E-state index contributed by atoms with van der Waals surface area (Å²) in [4.78, 5) is 12.9. The van der Waals surface area contributed by atoms with Crippen molar-refractivity contribution in [1.82, 2.24) is 5.32 Å². The average molecular weight is 266 g/mol. The highest BCUT2D eigenvalue weighted by Crippen LogP contribution is 2.20. The lowest BCUT2D eigenvalue weighted by Crippen LogP contribution is -2.48. The fourth-order valence-corrected chi connectivity index (χ4v) is 2.26. The van der Waals surface area contributed by atoms with E-state index in [1.165, 1.54) is 11.8 Å². The van der Waals surface area contributed by atoms with Crippen molar-refractivity contribution in [1.29, 1.82) is 0 Å². The van der Waals surface area contributed by atoms with Gasteiger partial charge in [0.15, 0.2) is 0 Å². The smallest absolute Gasteiger partial charge is 0.230 e. The van der Waals surface area contributed by atoms with E-state index in [4.69, 9.17) is 5.73 Å². The van der Waals surface area contributed by atoms with Crippen LogP contribution in [-0.2, 0) is 4.79 Å². The molecule has 0 heterocycles. The van der Waals surface area contributed by atoms with Gasteiger partial charge in [0, 0.05) is 17.5 Å². The van der Waals surface area contributed by atoms with Gasteiger partial charge < -0.3 is 11.1 Å². The minimum absolute atomic E-state index is 0.0121. The van der Waals surface area contributed by atoms with E-state index >= 15 is 0 Å². The molecule has 0 aliphatic rings. The number of amides is 1. The van der Waals surface area contributed by atoms with Crippen molar-refractivity contribution in [3.05, 3.63) is 30.3 Å². The van der Waals surface area contributed by atoms with Gasteiger partial charge in [0.1, 0.15) is 0 Å². The highest BCUT2D eigenvalue weighted by molar-refractivity contribution is 8.00. The third-order valence-electron chi connectivity index (χ3n) is 2.73. The van der Waals surface area contributed by atoms with Crippen LogP contribution < -0.4 is 11.1 Å². The molecule has 1 unspecified atom stereocenters. The number of hydrogen-bond donors (Lipinski definition) is 2. The quantitative estimate of drug-likeness (QED) is 0.804. The van der Waals surface area contributed by atoms with E-state index in [1.807, 2.05) is 30.3 Å². The van der Waals surface area contributed by atoms with Gasteiger partial charge in [0.05, 0.1) is 5.75 Å². The van der Waals surface area contributed by atoms with Crippen LogP contribution in [0.1, 0.15) is 20.8 Å². The summed E-state index contributed by atoms with van der Waals surface area (Å²) >= 11 is 1.54. The van der Waals surface area contributed by atoms with Crippen molar-refractivity contribution in [2.24, 2.45) is 11.1 Å². The third kappa shape index (κ3) is 5.10. The molecule has 3 N–H and O–H groups in total. The molecule has 1 aromatic carbocycles. The van der Waals surface area contributed by atoms with Gasteiger partial charge in [0.25, 0.3) is 0 Å². The summed E-state index contributed by atoms with van der Waals surface area (Å²) in [5, 5.41) is 2.99. The summed E-state index contributed by atoms with van der Waals surface area (Å²) in [5.74, 6) is 0.463. The number of carbonyl (C=O) groups excluding carboxylic acids is 1. The zero-order chi connectivity index (χ0) is 13.6.